The largest absolute Gasteiger partial charge is 0.324 e. The highest BCUT2D eigenvalue weighted by Crippen LogP contribution is 2.35. The first-order valence-corrected chi connectivity index (χ1v) is 18.1. The highest BCUT2D eigenvalue weighted by molar-refractivity contribution is 5.96. The van der Waals surface area contributed by atoms with Crippen molar-refractivity contribution in [2.45, 2.75) is 123 Å². The third kappa shape index (κ3) is 8.37. The predicted molar refractivity (Wildman–Crippen MR) is 187 cm³/mol. The molecule has 246 valence electrons. The van der Waals surface area contributed by atoms with Crippen molar-refractivity contribution in [1.82, 2.24) is 4.90 Å². The molecular formula is C39H59N4O2+. The normalized spacial score (nSPS) is 24.4. The van der Waals surface area contributed by atoms with Gasteiger partial charge in [0.15, 0.2) is 6.04 Å². The van der Waals surface area contributed by atoms with Crippen LogP contribution in [0.4, 0.5) is 11.4 Å². The van der Waals surface area contributed by atoms with Gasteiger partial charge in [0.1, 0.15) is 0 Å². The summed E-state index contributed by atoms with van der Waals surface area (Å²) in [4.78, 5) is 30.0. The smallest absolute Gasteiger partial charge is 0.282 e. The van der Waals surface area contributed by atoms with Gasteiger partial charge in [-0.25, -0.2) is 0 Å². The highest BCUT2D eigenvalue weighted by atomic mass is 16.2. The van der Waals surface area contributed by atoms with Crippen LogP contribution >= 0.6 is 0 Å². The molecule has 5 rings (SSSR count). The molecule has 0 radical (unpaired) electrons. The predicted octanol–water partition coefficient (Wildman–Crippen LogP) is 8.08. The lowest BCUT2D eigenvalue weighted by Crippen LogP contribution is -2.64. The lowest BCUT2D eigenvalue weighted by molar-refractivity contribution is -0.950. The summed E-state index contributed by atoms with van der Waals surface area (Å²) in [5.41, 5.74) is 6.52. The highest BCUT2D eigenvalue weighted by Gasteiger charge is 2.45. The zero-order valence-corrected chi connectivity index (χ0v) is 28.6. The van der Waals surface area contributed by atoms with Crippen LogP contribution in [0, 0.1) is 33.6 Å². The number of hydrogen-bond acceptors (Lipinski definition) is 3. The average molecular weight is 616 g/mol. The van der Waals surface area contributed by atoms with Crippen LogP contribution < -0.4 is 10.6 Å². The van der Waals surface area contributed by atoms with Crippen molar-refractivity contribution in [2.24, 2.45) is 5.92 Å². The number of unbranched alkanes of at least 4 members (excludes halogenated alkanes) is 2. The number of aryl methyl sites for hydroxylation is 4. The molecule has 2 N–H and O–H groups in total. The molecule has 2 heterocycles. The van der Waals surface area contributed by atoms with Crippen LogP contribution in [0.15, 0.2) is 36.4 Å². The zero-order chi connectivity index (χ0) is 31.8. The van der Waals surface area contributed by atoms with Gasteiger partial charge in [0.05, 0.1) is 25.7 Å². The van der Waals surface area contributed by atoms with Crippen LogP contribution in [0.2, 0.25) is 0 Å². The number of quaternary nitrogens is 1. The Bertz CT molecular complexity index is 1260. The third-order valence-electron chi connectivity index (χ3n) is 11.3. The van der Waals surface area contributed by atoms with Crippen molar-refractivity contribution in [1.29, 1.82) is 0 Å². The van der Waals surface area contributed by atoms with E-state index in [1.807, 2.05) is 0 Å². The lowest BCUT2D eigenvalue weighted by atomic mass is 9.92. The number of amides is 2. The first-order chi connectivity index (χ1) is 21.8. The SMILES string of the molecule is Cc1cccc(C)c1NC(=O)C1CCCCN1CCCCC[N+]1(CC2CCCC2)CCCCC1C(=O)Nc1c(C)cccc1C. The summed E-state index contributed by atoms with van der Waals surface area (Å²) in [7, 11) is 0. The number of rotatable bonds is 12. The molecule has 2 aromatic rings. The quantitative estimate of drug-likeness (QED) is 0.187. The molecule has 1 saturated carbocycles. The molecule has 6 heteroatoms. The minimum absolute atomic E-state index is 0.0402. The van der Waals surface area contributed by atoms with E-state index in [1.165, 1.54) is 38.5 Å². The number of nitrogens with one attached hydrogen (secondary N) is 2. The second-order valence-electron chi connectivity index (χ2n) is 14.6. The fourth-order valence-electron chi connectivity index (χ4n) is 8.77. The van der Waals surface area contributed by atoms with Gasteiger partial charge in [0.25, 0.3) is 5.91 Å². The van der Waals surface area contributed by atoms with Crippen LogP contribution in [-0.2, 0) is 9.59 Å². The number of likely N-dealkylation sites (tertiary alicyclic amines) is 2. The van der Waals surface area contributed by atoms with Crippen molar-refractivity contribution < 1.29 is 14.1 Å². The maximum Gasteiger partial charge on any atom is 0.282 e. The number of para-hydroxylation sites is 2. The van der Waals surface area contributed by atoms with Gasteiger partial charge in [0.2, 0.25) is 5.91 Å². The second kappa shape index (κ2) is 15.7. The molecule has 2 amide bonds. The van der Waals surface area contributed by atoms with E-state index in [0.29, 0.717) is 0 Å². The number of benzene rings is 2. The topological polar surface area (TPSA) is 61.4 Å². The monoisotopic (exact) mass is 615 g/mol. The molecule has 3 atom stereocenters. The Balaban J connectivity index is 1.20. The fourth-order valence-corrected chi connectivity index (χ4v) is 8.77. The summed E-state index contributed by atoms with van der Waals surface area (Å²) in [6.45, 7) is 13.7. The molecule has 2 saturated heterocycles. The van der Waals surface area contributed by atoms with Crippen LogP contribution in [0.3, 0.4) is 0 Å². The molecule has 3 fully saturated rings. The van der Waals surface area contributed by atoms with Crippen molar-refractivity contribution in [2.75, 3.05) is 43.4 Å². The first-order valence-electron chi connectivity index (χ1n) is 18.1. The zero-order valence-electron chi connectivity index (χ0n) is 28.6. The van der Waals surface area contributed by atoms with Crippen molar-refractivity contribution in [3.8, 4) is 0 Å². The molecule has 2 aliphatic heterocycles. The van der Waals surface area contributed by atoms with E-state index in [2.05, 4.69) is 79.6 Å². The minimum Gasteiger partial charge on any atom is -0.324 e. The maximum absolute atomic E-state index is 14.1. The number of hydrogen-bond donors (Lipinski definition) is 2. The fraction of sp³-hybridized carbons (Fsp3) is 0.641. The maximum atomic E-state index is 14.1. The van der Waals surface area contributed by atoms with Gasteiger partial charge in [-0.1, -0.05) is 55.7 Å². The van der Waals surface area contributed by atoms with E-state index in [-0.39, 0.29) is 23.9 Å². The van der Waals surface area contributed by atoms with E-state index in [4.69, 9.17) is 0 Å². The number of carbonyl (C=O) groups is 2. The molecule has 2 aromatic carbocycles. The van der Waals surface area contributed by atoms with E-state index in [9.17, 15) is 9.59 Å². The van der Waals surface area contributed by atoms with E-state index >= 15 is 0 Å². The Morgan fingerprint density at radius 1 is 0.711 bits per heavy atom. The summed E-state index contributed by atoms with van der Waals surface area (Å²) in [5, 5.41) is 6.69. The average Bonchev–Trinajstić information content (AvgIpc) is 3.54. The number of piperidine rings is 2. The lowest BCUT2D eigenvalue weighted by Gasteiger charge is -2.48. The van der Waals surface area contributed by atoms with Crippen LogP contribution in [-0.4, -0.2) is 66.0 Å². The Hall–Kier alpha value is -2.70. The van der Waals surface area contributed by atoms with Crippen molar-refractivity contribution >= 4 is 23.2 Å². The Morgan fingerprint density at radius 2 is 1.29 bits per heavy atom. The molecule has 6 nitrogen and oxygen atoms in total. The third-order valence-corrected chi connectivity index (χ3v) is 11.3. The van der Waals surface area contributed by atoms with Gasteiger partial charge in [-0.05, 0) is 121 Å². The second-order valence-corrected chi connectivity index (χ2v) is 14.6. The van der Waals surface area contributed by atoms with Gasteiger partial charge in [-0.15, -0.1) is 0 Å². The molecule has 45 heavy (non-hydrogen) atoms. The molecule has 1 aliphatic carbocycles. The standard InChI is InChI=1S/C39H58N4O2/c1-29-16-14-17-30(2)36(29)40-38(44)34-22-8-11-25-42(34)24-10-5-12-26-43(28-33-20-6-7-21-33)27-13-9-23-35(43)39(45)41-37-31(3)18-15-19-32(37)4/h14-19,33-35H,5-13,20-28H2,1-4H3,(H-,40,41,44,45)/p+1. The minimum atomic E-state index is -0.0430. The van der Waals surface area contributed by atoms with E-state index in [1.54, 1.807) is 0 Å². The van der Waals surface area contributed by atoms with Crippen LogP contribution in [0.5, 0.6) is 0 Å². The number of nitrogens with zero attached hydrogens (tertiary/aromatic N) is 2. The van der Waals surface area contributed by atoms with E-state index < -0.39 is 0 Å². The molecule has 0 spiro atoms. The summed E-state index contributed by atoms with van der Waals surface area (Å²) >= 11 is 0. The molecule has 3 unspecified atom stereocenters. The number of anilines is 2. The van der Waals surface area contributed by atoms with Crippen LogP contribution in [0.25, 0.3) is 0 Å². The van der Waals surface area contributed by atoms with Gasteiger partial charge in [-0.3, -0.25) is 14.5 Å². The Kier molecular flexibility index (Phi) is 11.8. The summed E-state index contributed by atoms with van der Waals surface area (Å²) in [6, 6.07) is 12.5. The first kappa shape index (κ1) is 33.7. The van der Waals surface area contributed by atoms with Gasteiger partial charge in [0, 0.05) is 23.7 Å². The van der Waals surface area contributed by atoms with Crippen LogP contribution in [0.1, 0.15) is 106 Å². The van der Waals surface area contributed by atoms with Gasteiger partial charge >= 0.3 is 0 Å². The summed E-state index contributed by atoms with van der Waals surface area (Å²) in [5.74, 6) is 1.14. The van der Waals surface area contributed by atoms with Gasteiger partial charge in [-0.2, -0.15) is 0 Å². The summed E-state index contributed by atoms with van der Waals surface area (Å²) in [6.07, 6.45) is 15.3. The Labute approximate surface area is 272 Å². The van der Waals surface area contributed by atoms with Crippen molar-refractivity contribution in [3.05, 3.63) is 58.7 Å². The van der Waals surface area contributed by atoms with Gasteiger partial charge < -0.3 is 15.1 Å². The van der Waals surface area contributed by atoms with E-state index in [0.717, 1.165) is 122 Å². The summed E-state index contributed by atoms with van der Waals surface area (Å²) < 4.78 is 0.978. The molecule has 0 bridgehead atoms. The van der Waals surface area contributed by atoms with Crippen molar-refractivity contribution in [3.63, 3.8) is 0 Å². The Morgan fingerprint density at radius 3 is 1.93 bits per heavy atom. The number of carbonyl (C=O) groups excluding carboxylic acids is 2. The molecule has 3 aliphatic rings. The molecular weight excluding hydrogens is 556 g/mol. The molecule has 0 aromatic heterocycles.